The summed E-state index contributed by atoms with van der Waals surface area (Å²) in [5.74, 6) is 1.63. The number of nitrogens with zero attached hydrogens (tertiary/aromatic N) is 6. The number of piperazine rings is 1. The summed E-state index contributed by atoms with van der Waals surface area (Å²) in [7, 11) is 1.67. The van der Waals surface area contributed by atoms with Gasteiger partial charge >= 0.3 is 0 Å². The number of anilines is 5. The fourth-order valence-electron chi connectivity index (χ4n) is 8.33. The topological polar surface area (TPSA) is 98.3 Å². The number of hydrogen-bond acceptors (Lipinski definition) is 10. The van der Waals surface area contributed by atoms with Gasteiger partial charge in [-0.2, -0.15) is 0 Å². The minimum atomic E-state index is -0.264. The number of aromatic nitrogens is 2. The Labute approximate surface area is 300 Å². The maximum Gasteiger partial charge on any atom is 0.247 e. The van der Waals surface area contributed by atoms with Crippen LogP contribution in [0.25, 0.3) is 10.8 Å². The molecule has 0 unspecified atom stereocenters. The molecule has 0 radical (unpaired) electrons. The lowest BCUT2D eigenvalue weighted by Crippen LogP contribution is -2.57. The summed E-state index contributed by atoms with van der Waals surface area (Å²) >= 11 is 0. The number of piperidine rings is 1. The van der Waals surface area contributed by atoms with Crippen LogP contribution in [0.3, 0.4) is 0 Å². The normalized spacial score (nSPS) is 21.9. The Morgan fingerprint density at radius 1 is 0.941 bits per heavy atom. The second kappa shape index (κ2) is 14.5. The first-order chi connectivity index (χ1) is 25.0. The Balaban J connectivity index is 1.01. The highest BCUT2D eigenvalue weighted by Crippen LogP contribution is 2.41. The van der Waals surface area contributed by atoms with Crippen LogP contribution >= 0.6 is 0 Å². The predicted octanol–water partition coefficient (Wildman–Crippen LogP) is 6.53. The second-order valence-electron chi connectivity index (χ2n) is 14.2. The van der Waals surface area contributed by atoms with Crippen molar-refractivity contribution in [3.8, 4) is 5.75 Å². The molecule has 2 N–H and O–H groups in total. The van der Waals surface area contributed by atoms with Crippen LogP contribution in [0.5, 0.6) is 5.75 Å². The highest BCUT2D eigenvalue weighted by Gasteiger charge is 2.38. The average molecular weight is 689 g/mol. The quantitative estimate of drug-likeness (QED) is 0.179. The van der Waals surface area contributed by atoms with Crippen molar-refractivity contribution in [2.45, 2.75) is 63.2 Å². The zero-order valence-electron chi connectivity index (χ0n) is 29.6. The minimum Gasteiger partial charge on any atom is -0.494 e. The van der Waals surface area contributed by atoms with Crippen molar-refractivity contribution in [3.63, 3.8) is 0 Å². The zero-order valence-corrected chi connectivity index (χ0v) is 29.6. The van der Waals surface area contributed by atoms with E-state index in [9.17, 15) is 4.79 Å². The van der Waals surface area contributed by atoms with E-state index in [1.807, 2.05) is 23.3 Å². The highest BCUT2D eigenvalue weighted by atomic mass is 16.7. The van der Waals surface area contributed by atoms with Crippen LogP contribution in [0, 0.1) is 0 Å². The number of ether oxygens (including phenoxy) is 1. The summed E-state index contributed by atoms with van der Waals surface area (Å²) in [4.78, 5) is 35.8. The summed E-state index contributed by atoms with van der Waals surface area (Å²) in [5.41, 5.74) is 3.51. The van der Waals surface area contributed by atoms with Crippen molar-refractivity contribution in [2.24, 2.45) is 0 Å². The standard InChI is InChI=1S/C40H48N8O3/c1-4-40(49)44-33-22-34(37(50-3)23-36(33)45-17-14-29(15-18-45)46-19-20-47(27(2)25-46)30-12-13-30)43-38-24-39(42-26-41-38)48-35(16-21-51-48)32-11-7-9-28-8-5-6-10-31(28)32/h4-11,22-24,26-27,29-30,35H,1,12-21,25H2,2-3H3,(H,44,49)(H,41,42,43)/t27-,35+/m0/s1. The molecular formula is C40H48N8O3. The maximum absolute atomic E-state index is 12.7. The van der Waals surface area contributed by atoms with E-state index in [4.69, 9.17) is 9.57 Å². The molecule has 1 aromatic heterocycles. The van der Waals surface area contributed by atoms with Gasteiger partial charge in [0.1, 0.15) is 17.9 Å². The number of benzene rings is 3. The lowest BCUT2D eigenvalue weighted by molar-refractivity contribution is -0.111. The molecule has 3 aliphatic heterocycles. The molecule has 4 fully saturated rings. The van der Waals surface area contributed by atoms with E-state index >= 15 is 0 Å². The number of fused-ring (bicyclic) bond motifs is 1. The average Bonchev–Trinajstić information content (AvgIpc) is 3.89. The van der Waals surface area contributed by atoms with Gasteiger partial charge in [-0.25, -0.2) is 15.0 Å². The first-order valence-electron chi connectivity index (χ1n) is 18.4. The molecule has 51 heavy (non-hydrogen) atoms. The predicted molar refractivity (Wildman–Crippen MR) is 203 cm³/mol. The van der Waals surface area contributed by atoms with E-state index in [-0.39, 0.29) is 11.9 Å². The molecular weight excluding hydrogens is 640 g/mol. The van der Waals surface area contributed by atoms with Crippen LogP contribution in [-0.2, 0) is 9.63 Å². The molecule has 4 aliphatic rings. The molecule has 4 heterocycles. The fraction of sp³-hybridized carbons (Fsp3) is 0.425. The monoisotopic (exact) mass is 688 g/mol. The van der Waals surface area contributed by atoms with Crippen molar-refractivity contribution >= 4 is 45.4 Å². The van der Waals surface area contributed by atoms with Gasteiger partial charge in [0.15, 0.2) is 5.82 Å². The SMILES string of the molecule is C=CC(=O)Nc1cc(Nc2cc(N3OCC[C@@H]3c3cccc4ccccc34)ncn2)c(OC)cc1N1CCC(N2CCN(C3CC3)[C@@H](C)C2)CC1. The van der Waals surface area contributed by atoms with Gasteiger partial charge in [-0.05, 0) is 61.1 Å². The molecule has 1 aliphatic carbocycles. The maximum atomic E-state index is 12.7. The van der Waals surface area contributed by atoms with Gasteiger partial charge in [0, 0.05) is 69.4 Å². The Morgan fingerprint density at radius 3 is 2.55 bits per heavy atom. The van der Waals surface area contributed by atoms with Crippen LogP contribution in [0.2, 0.25) is 0 Å². The van der Waals surface area contributed by atoms with E-state index < -0.39 is 0 Å². The third kappa shape index (κ3) is 6.98. The van der Waals surface area contributed by atoms with Crippen molar-refractivity contribution in [2.75, 3.05) is 67.0 Å². The smallest absolute Gasteiger partial charge is 0.247 e. The van der Waals surface area contributed by atoms with Crippen molar-refractivity contribution in [3.05, 3.63) is 85.2 Å². The molecule has 11 nitrogen and oxygen atoms in total. The number of hydroxylamine groups is 1. The largest absolute Gasteiger partial charge is 0.494 e. The van der Waals surface area contributed by atoms with Crippen LogP contribution in [-0.4, -0.2) is 90.2 Å². The molecule has 11 heteroatoms. The summed E-state index contributed by atoms with van der Waals surface area (Å²) in [5, 5.41) is 10.8. The molecule has 266 valence electrons. The number of nitrogens with one attached hydrogen (secondary N) is 2. The van der Waals surface area contributed by atoms with E-state index in [2.05, 4.69) is 91.3 Å². The van der Waals surface area contributed by atoms with Gasteiger partial charge in [0.25, 0.3) is 0 Å². The van der Waals surface area contributed by atoms with Crippen LogP contribution in [0.4, 0.5) is 28.7 Å². The number of rotatable bonds is 10. The molecule has 8 rings (SSSR count). The van der Waals surface area contributed by atoms with Crippen LogP contribution in [0.1, 0.15) is 50.6 Å². The zero-order chi connectivity index (χ0) is 34.9. The number of amides is 1. The number of hydrogen-bond donors (Lipinski definition) is 2. The highest BCUT2D eigenvalue weighted by molar-refractivity contribution is 6.02. The Hall–Kier alpha value is -4.71. The van der Waals surface area contributed by atoms with E-state index in [0.717, 1.165) is 57.2 Å². The van der Waals surface area contributed by atoms with Gasteiger partial charge in [-0.3, -0.25) is 19.4 Å². The van der Waals surface area contributed by atoms with E-state index in [1.165, 1.54) is 48.1 Å². The molecule has 1 amide bonds. The first kappa shape index (κ1) is 33.4. The first-order valence-corrected chi connectivity index (χ1v) is 18.4. The molecule has 3 saturated heterocycles. The third-order valence-electron chi connectivity index (χ3n) is 11.0. The number of carbonyl (C=O) groups is 1. The van der Waals surface area contributed by atoms with Gasteiger partial charge in [-0.1, -0.05) is 49.0 Å². The molecule has 0 bridgehead atoms. The van der Waals surface area contributed by atoms with Gasteiger partial charge < -0.3 is 20.3 Å². The Bertz CT molecular complexity index is 1890. The third-order valence-corrected chi connectivity index (χ3v) is 11.0. The van der Waals surface area contributed by atoms with Crippen molar-refractivity contribution in [1.82, 2.24) is 19.8 Å². The Morgan fingerprint density at radius 2 is 1.76 bits per heavy atom. The molecule has 3 aromatic carbocycles. The van der Waals surface area contributed by atoms with E-state index in [0.29, 0.717) is 47.5 Å². The number of carbonyl (C=O) groups excluding carboxylic acids is 1. The van der Waals surface area contributed by atoms with Crippen molar-refractivity contribution in [1.29, 1.82) is 0 Å². The lowest BCUT2D eigenvalue weighted by atomic mass is 9.97. The van der Waals surface area contributed by atoms with Crippen LogP contribution < -0.4 is 25.3 Å². The molecule has 4 aromatic rings. The fourth-order valence-corrected chi connectivity index (χ4v) is 8.33. The summed E-state index contributed by atoms with van der Waals surface area (Å²) in [6, 6.07) is 22.7. The molecule has 1 saturated carbocycles. The van der Waals surface area contributed by atoms with E-state index in [1.54, 1.807) is 7.11 Å². The summed E-state index contributed by atoms with van der Waals surface area (Å²) in [6.07, 6.45) is 8.57. The van der Waals surface area contributed by atoms with Crippen molar-refractivity contribution < 1.29 is 14.4 Å². The minimum absolute atomic E-state index is 0.00766. The summed E-state index contributed by atoms with van der Waals surface area (Å²) in [6.45, 7) is 12.0. The molecule has 2 atom stereocenters. The van der Waals surface area contributed by atoms with Gasteiger partial charge in [-0.15, -0.1) is 0 Å². The lowest BCUT2D eigenvalue weighted by Gasteiger charge is -2.46. The van der Waals surface area contributed by atoms with Crippen LogP contribution in [0.15, 0.2) is 79.6 Å². The second-order valence-corrected chi connectivity index (χ2v) is 14.2. The summed E-state index contributed by atoms with van der Waals surface area (Å²) < 4.78 is 5.93. The Kier molecular flexibility index (Phi) is 9.50. The molecule has 0 spiro atoms. The number of methoxy groups -OCH3 is 1. The van der Waals surface area contributed by atoms with Gasteiger partial charge in [0.2, 0.25) is 5.91 Å². The van der Waals surface area contributed by atoms with Gasteiger partial charge in [0.05, 0.1) is 36.8 Å².